The number of nitrogens with zero attached hydrogens (tertiary/aromatic N) is 4. The number of guanidine groups is 1. The highest BCUT2D eigenvalue weighted by Crippen LogP contribution is 2.28. The maximum atomic E-state index is 12.7. The number of likely N-dealkylation sites (tertiary alicyclic amines) is 1. The van der Waals surface area contributed by atoms with Crippen molar-refractivity contribution in [3.05, 3.63) is 18.0 Å². The van der Waals surface area contributed by atoms with E-state index in [9.17, 15) is 18.0 Å². The molecule has 1 aromatic rings. The summed E-state index contributed by atoms with van der Waals surface area (Å²) in [6.45, 7) is 4.65. The molecule has 1 saturated carbocycles. The molecule has 1 atom stereocenters. The lowest BCUT2D eigenvalue weighted by Crippen LogP contribution is -2.45. The van der Waals surface area contributed by atoms with Crippen LogP contribution in [0.4, 0.5) is 19.1 Å². The molecule has 0 spiro atoms. The van der Waals surface area contributed by atoms with Crippen molar-refractivity contribution in [2.45, 2.75) is 51.2 Å². The standard InChI is InChI=1S/C20H30F3N7O/c1-2-24-18(26-10-11-27-19-25-9-7-16(29-19)20(21,22)23)28-15-8-12-30(13-15)17(31)14-5-3-4-6-14/h7,9,14-15H,2-6,8,10-13H2,1H3,(H2,24,26,28)(H,25,27,29). The molecule has 1 saturated heterocycles. The maximum Gasteiger partial charge on any atom is 0.433 e. The number of halogens is 3. The summed E-state index contributed by atoms with van der Waals surface area (Å²) < 4.78 is 38.2. The zero-order chi connectivity index (χ0) is 22.3. The van der Waals surface area contributed by atoms with Gasteiger partial charge in [0.2, 0.25) is 11.9 Å². The van der Waals surface area contributed by atoms with Crippen LogP contribution in [0.1, 0.15) is 44.7 Å². The molecule has 11 heteroatoms. The van der Waals surface area contributed by atoms with Gasteiger partial charge in [0.1, 0.15) is 5.69 Å². The number of amides is 1. The molecule has 8 nitrogen and oxygen atoms in total. The van der Waals surface area contributed by atoms with E-state index >= 15 is 0 Å². The SMILES string of the molecule is CCNC(=NCCNc1nccc(C(F)(F)F)n1)NC1CCN(C(=O)C2CCCC2)C1. The predicted octanol–water partition coefficient (Wildman–Crippen LogP) is 2.25. The zero-order valence-electron chi connectivity index (χ0n) is 17.7. The number of nitrogens with one attached hydrogen (secondary N) is 3. The van der Waals surface area contributed by atoms with Gasteiger partial charge in [-0.15, -0.1) is 0 Å². The fourth-order valence-electron chi connectivity index (χ4n) is 3.96. The summed E-state index contributed by atoms with van der Waals surface area (Å²) >= 11 is 0. The fraction of sp³-hybridized carbons (Fsp3) is 0.700. The van der Waals surface area contributed by atoms with Crippen LogP contribution in [0.3, 0.4) is 0 Å². The normalized spacial score (nSPS) is 20.2. The number of hydrogen-bond acceptors (Lipinski definition) is 5. The molecule has 2 aliphatic rings. The Morgan fingerprint density at radius 3 is 2.77 bits per heavy atom. The second-order valence-electron chi connectivity index (χ2n) is 7.85. The number of aromatic nitrogens is 2. The van der Waals surface area contributed by atoms with E-state index in [-0.39, 0.29) is 30.4 Å². The van der Waals surface area contributed by atoms with Crippen LogP contribution < -0.4 is 16.0 Å². The van der Waals surface area contributed by atoms with Crippen molar-refractivity contribution in [1.82, 2.24) is 25.5 Å². The van der Waals surface area contributed by atoms with Gasteiger partial charge in [-0.1, -0.05) is 12.8 Å². The largest absolute Gasteiger partial charge is 0.433 e. The van der Waals surface area contributed by atoms with Crippen LogP contribution in [0, 0.1) is 5.92 Å². The van der Waals surface area contributed by atoms with E-state index in [1.165, 1.54) is 0 Å². The van der Waals surface area contributed by atoms with E-state index in [0.717, 1.165) is 50.9 Å². The van der Waals surface area contributed by atoms with Gasteiger partial charge in [-0.2, -0.15) is 13.2 Å². The molecule has 1 aromatic heterocycles. The van der Waals surface area contributed by atoms with E-state index in [0.29, 0.717) is 25.6 Å². The fourth-order valence-corrected chi connectivity index (χ4v) is 3.96. The Hall–Kier alpha value is -2.59. The van der Waals surface area contributed by atoms with Crippen LogP contribution >= 0.6 is 0 Å². The third-order valence-corrected chi connectivity index (χ3v) is 5.50. The lowest BCUT2D eigenvalue weighted by molar-refractivity contribution is -0.141. The second-order valence-corrected chi connectivity index (χ2v) is 7.85. The second kappa shape index (κ2) is 10.6. The molecule has 1 unspecified atom stereocenters. The molecule has 0 bridgehead atoms. The zero-order valence-corrected chi connectivity index (χ0v) is 17.7. The van der Waals surface area contributed by atoms with Crippen LogP contribution in [-0.2, 0) is 11.0 Å². The predicted molar refractivity (Wildman–Crippen MR) is 112 cm³/mol. The summed E-state index contributed by atoms with van der Waals surface area (Å²) in [4.78, 5) is 26.3. The minimum Gasteiger partial charge on any atom is -0.357 e. The summed E-state index contributed by atoms with van der Waals surface area (Å²) in [5, 5.41) is 9.28. The summed E-state index contributed by atoms with van der Waals surface area (Å²) in [5.41, 5.74) is -0.985. The van der Waals surface area contributed by atoms with Crippen LogP contribution in [0.25, 0.3) is 0 Å². The summed E-state index contributed by atoms with van der Waals surface area (Å²) in [6, 6.07) is 0.960. The monoisotopic (exact) mass is 441 g/mol. The van der Waals surface area contributed by atoms with E-state index in [1.807, 2.05) is 11.8 Å². The maximum absolute atomic E-state index is 12.7. The smallest absolute Gasteiger partial charge is 0.357 e. The highest BCUT2D eigenvalue weighted by atomic mass is 19.4. The molecule has 1 amide bonds. The van der Waals surface area contributed by atoms with Gasteiger partial charge in [-0.3, -0.25) is 9.79 Å². The number of hydrogen-bond donors (Lipinski definition) is 3. The Morgan fingerprint density at radius 1 is 1.29 bits per heavy atom. The lowest BCUT2D eigenvalue weighted by Gasteiger charge is -2.21. The minimum absolute atomic E-state index is 0.0835. The van der Waals surface area contributed by atoms with Gasteiger partial charge in [0, 0.05) is 44.3 Å². The number of rotatable bonds is 7. The van der Waals surface area contributed by atoms with Crippen molar-refractivity contribution in [3.8, 4) is 0 Å². The average Bonchev–Trinajstić information content (AvgIpc) is 3.43. The lowest BCUT2D eigenvalue weighted by atomic mass is 10.1. The van der Waals surface area contributed by atoms with Gasteiger partial charge < -0.3 is 20.9 Å². The molecular formula is C20H30F3N7O. The Bertz CT molecular complexity index is 765. The van der Waals surface area contributed by atoms with Gasteiger partial charge in [0.25, 0.3) is 0 Å². The first kappa shape index (κ1) is 23.1. The van der Waals surface area contributed by atoms with Gasteiger partial charge in [-0.25, -0.2) is 9.97 Å². The topological polar surface area (TPSA) is 94.5 Å². The van der Waals surface area contributed by atoms with Gasteiger partial charge >= 0.3 is 6.18 Å². The van der Waals surface area contributed by atoms with Crippen molar-refractivity contribution >= 4 is 17.8 Å². The van der Waals surface area contributed by atoms with E-state index in [2.05, 4.69) is 30.9 Å². The first-order valence-corrected chi connectivity index (χ1v) is 10.8. The highest BCUT2D eigenvalue weighted by Gasteiger charge is 2.33. The Kier molecular flexibility index (Phi) is 7.91. The van der Waals surface area contributed by atoms with Crippen LogP contribution in [-0.4, -0.2) is 65.5 Å². The van der Waals surface area contributed by atoms with Gasteiger partial charge in [0.15, 0.2) is 5.96 Å². The third-order valence-electron chi connectivity index (χ3n) is 5.50. The van der Waals surface area contributed by atoms with Crippen molar-refractivity contribution in [1.29, 1.82) is 0 Å². The summed E-state index contributed by atoms with van der Waals surface area (Å²) in [5.74, 6) is 0.994. The van der Waals surface area contributed by atoms with Gasteiger partial charge in [-0.05, 0) is 32.3 Å². The van der Waals surface area contributed by atoms with E-state index in [1.54, 1.807) is 0 Å². The molecule has 0 radical (unpaired) electrons. The minimum atomic E-state index is -4.51. The summed E-state index contributed by atoms with van der Waals surface area (Å²) in [6.07, 6.45) is 1.71. The molecule has 172 valence electrons. The first-order chi connectivity index (χ1) is 14.9. The molecule has 3 N–H and O–H groups in total. The van der Waals surface area contributed by atoms with E-state index in [4.69, 9.17) is 0 Å². The Labute approximate surface area is 180 Å². The summed E-state index contributed by atoms with van der Waals surface area (Å²) in [7, 11) is 0. The van der Waals surface area contributed by atoms with Gasteiger partial charge in [0.05, 0.1) is 6.54 Å². The molecular weight excluding hydrogens is 411 g/mol. The van der Waals surface area contributed by atoms with E-state index < -0.39 is 11.9 Å². The van der Waals surface area contributed by atoms with Crippen molar-refractivity contribution < 1.29 is 18.0 Å². The number of carbonyl (C=O) groups excluding carboxylic acids is 1. The highest BCUT2D eigenvalue weighted by molar-refractivity contribution is 5.81. The number of aliphatic imine (C=N–C) groups is 1. The van der Waals surface area contributed by atoms with Crippen molar-refractivity contribution in [2.24, 2.45) is 10.9 Å². The number of carbonyl (C=O) groups is 1. The number of anilines is 1. The van der Waals surface area contributed by atoms with Crippen molar-refractivity contribution in [2.75, 3.05) is 38.0 Å². The molecule has 3 rings (SSSR count). The van der Waals surface area contributed by atoms with Crippen molar-refractivity contribution in [3.63, 3.8) is 0 Å². The molecule has 2 fully saturated rings. The van der Waals surface area contributed by atoms with Crippen LogP contribution in [0.5, 0.6) is 0 Å². The number of alkyl halides is 3. The molecule has 1 aliphatic carbocycles. The Morgan fingerprint density at radius 2 is 2.06 bits per heavy atom. The third kappa shape index (κ3) is 6.70. The molecule has 2 heterocycles. The van der Waals surface area contributed by atoms with Crippen LogP contribution in [0.2, 0.25) is 0 Å². The molecule has 0 aromatic carbocycles. The first-order valence-electron chi connectivity index (χ1n) is 10.8. The quantitative estimate of drug-likeness (QED) is 0.341. The Balaban J connectivity index is 1.46. The molecule has 31 heavy (non-hydrogen) atoms. The average molecular weight is 442 g/mol. The molecule has 1 aliphatic heterocycles. The van der Waals surface area contributed by atoms with Crippen LogP contribution in [0.15, 0.2) is 17.3 Å².